The molecule has 1 fully saturated rings. The standard InChI is InChI=1S/C32H38ClN3O4S/c1-3-30(32(38)34-27-10-6-4-7-11-27)35(22-25-16-14-24(2)15-17-25)31(37)23-36(28-20-18-26(33)19-21-28)41(39,40)29-12-8-5-9-13-29/h5,8-9,12-21,27,30H,3-4,6-7,10-11,22-23H2,1-2H3,(H,34,38). The first-order chi connectivity index (χ1) is 19.7. The fraction of sp³-hybridized carbons (Fsp3) is 0.375. The van der Waals surface area contributed by atoms with E-state index in [0.29, 0.717) is 17.1 Å². The molecule has 218 valence electrons. The van der Waals surface area contributed by atoms with Crippen molar-refractivity contribution in [2.24, 2.45) is 0 Å². The quantitative estimate of drug-likeness (QED) is 0.290. The Morgan fingerprint density at radius 1 is 0.927 bits per heavy atom. The number of hydrogen-bond donors (Lipinski definition) is 1. The number of carbonyl (C=O) groups is 2. The van der Waals surface area contributed by atoms with E-state index in [1.54, 1.807) is 42.5 Å². The molecule has 2 amide bonds. The highest BCUT2D eigenvalue weighted by atomic mass is 35.5. The van der Waals surface area contributed by atoms with Gasteiger partial charge in [-0.15, -0.1) is 0 Å². The second-order valence-corrected chi connectivity index (χ2v) is 12.9. The topological polar surface area (TPSA) is 86.8 Å². The third-order valence-electron chi connectivity index (χ3n) is 7.54. The number of rotatable bonds is 11. The number of aryl methyl sites for hydroxylation is 1. The maximum Gasteiger partial charge on any atom is 0.264 e. The van der Waals surface area contributed by atoms with Gasteiger partial charge in [0, 0.05) is 17.6 Å². The van der Waals surface area contributed by atoms with Gasteiger partial charge in [-0.05, 0) is 68.1 Å². The molecule has 3 aromatic rings. The average molecular weight is 596 g/mol. The maximum atomic E-state index is 14.2. The Balaban J connectivity index is 1.68. The van der Waals surface area contributed by atoms with Gasteiger partial charge in [-0.3, -0.25) is 13.9 Å². The summed E-state index contributed by atoms with van der Waals surface area (Å²) in [4.78, 5) is 29.3. The van der Waals surface area contributed by atoms with Gasteiger partial charge in [0.1, 0.15) is 12.6 Å². The van der Waals surface area contributed by atoms with Crippen molar-refractivity contribution in [2.75, 3.05) is 10.8 Å². The molecule has 3 aromatic carbocycles. The zero-order valence-corrected chi connectivity index (χ0v) is 25.2. The van der Waals surface area contributed by atoms with Crippen molar-refractivity contribution in [3.63, 3.8) is 0 Å². The summed E-state index contributed by atoms with van der Waals surface area (Å²) >= 11 is 6.09. The number of anilines is 1. The van der Waals surface area contributed by atoms with Crippen molar-refractivity contribution in [3.05, 3.63) is 95.0 Å². The summed E-state index contributed by atoms with van der Waals surface area (Å²) in [6, 6.07) is 21.5. The zero-order valence-electron chi connectivity index (χ0n) is 23.6. The maximum absolute atomic E-state index is 14.2. The third-order valence-corrected chi connectivity index (χ3v) is 9.58. The molecule has 7 nitrogen and oxygen atoms in total. The van der Waals surface area contributed by atoms with Gasteiger partial charge in [-0.2, -0.15) is 0 Å². The molecule has 0 saturated heterocycles. The third kappa shape index (κ3) is 7.89. The first-order valence-electron chi connectivity index (χ1n) is 14.2. The molecule has 0 bridgehead atoms. The Labute approximate surface area is 248 Å². The number of sulfonamides is 1. The van der Waals surface area contributed by atoms with Gasteiger partial charge in [0.25, 0.3) is 10.0 Å². The van der Waals surface area contributed by atoms with Crippen LogP contribution in [0.25, 0.3) is 0 Å². The molecule has 1 N–H and O–H groups in total. The van der Waals surface area contributed by atoms with Gasteiger partial charge in [-0.25, -0.2) is 8.42 Å². The Kier molecular flexibility index (Phi) is 10.5. The van der Waals surface area contributed by atoms with Crippen LogP contribution in [0.2, 0.25) is 5.02 Å². The molecule has 1 aliphatic carbocycles. The molecule has 0 heterocycles. The Morgan fingerprint density at radius 3 is 2.17 bits per heavy atom. The molecule has 41 heavy (non-hydrogen) atoms. The van der Waals surface area contributed by atoms with E-state index in [4.69, 9.17) is 11.6 Å². The molecule has 1 unspecified atom stereocenters. The first kappa shape index (κ1) is 30.6. The summed E-state index contributed by atoms with van der Waals surface area (Å²) in [7, 11) is -4.11. The van der Waals surface area contributed by atoms with Crippen LogP contribution in [0.15, 0.2) is 83.8 Å². The number of halogens is 1. The first-order valence-corrected chi connectivity index (χ1v) is 16.0. The largest absolute Gasteiger partial charge is 0.352 e. The van der Waals surface area contributed by atoms with Gasteiger partial charge in [0.05, 0.1) is 10.6 Å². The van der Waals surface area contributed by atoms with Gasteiger partial charge in [0.15, 0.2) is 0 Å². The summed E-state index contributed by atoms with van der Waals surface area (Å²) in [5, 5.41) is 3.62. The monoisotopic (exact) mass is 595 g/mol. The summed E-state index contributed by atoms with van der Waals surface area (Å²) in [6.45, 7) is 3.56. The van der Waals surface area contributed by atoms with Gasteiger partial charge >= 0.3 is 0 Å². The molecule has 1 aliphatic rings. The van der Waals surface area contributed by atoms with E-state index in [9.17, 15) is 18.0 Å². The number of carbonyl (C=O) groups excluding carboxylic acids is 2. The molecule has 0 radical (unpaired) electrons. The predicted octanol–water partition coefficient (Wildman–Crippen LogP) is 6.10. The molecular formula is C32H38ClN3O4S. The lowest BCUT2D eigenvalue weighted by Crippen LogP contribution is -2.54. The highest BCUT2D eigenvalue weighted by molar-refractivity contribution is 7.92. The lowest BCUT2D eigenvalue weighted by Gasteiger charge is -2.34. The molecule has 1 atom stereocenters. The van der Waals surface area contributed by atoms with E-state index in [-0.39, 0.29) is 23.4 Å². The normalized spacial score (nSPS) is 14.7. The van der Waals surface area contributed by atoms with Gasteiger partial charge in [0.2, 0.25) is 11.8 Å². The summed E-state index contributed by atoms with van der Waals surface area (Å²) < 4.78 is 28.8. The van der Waals surface area contributed by atoms with Crippen LogP contribution in [-0.2, 0) is 26.2 Å². The van der Waals surface area contributed by atoms with E-state index in [1.165, 1.54) is 17.0 Å². The van der Waals surface area contributed by atoms with Crippen molar-refractivity contribution in [1.29, 1.82) is 0 Å². The zero-order chi connectivity index (χ0) is 29.4. The minimum atomic E-state index is -4.11. The molecule has 0 spiro atoms. The number of nitrogens with zero attached hydrogens (tertiary/aromatic N) is 2. The fourth-order valence-corrected chi connectivity index (χ4v) is 6.77. The van der Waals surface area contributed by atoms with Crippen molar-refractivity contribution in [1.82, 2.24) is 10.2 Å². The average Bonchev–Trinajstić information content (AvgIpc) is 2.98. The highest BCUT2D eigenvalue weighted by Crippen LogP contribution is 2.26. The predicted molar refractivity (Wildman–Crippen MR) is 163 cm³/mol. The van der Waals surface area contributed by atoms with E-state index >= 15 is 0 Å². The van der Waals surface area contributed by atoms with Crippen LogP contribution in [-0.4, -0.2) is 43.8 Å². The van der Waals surface area contributed by atoms with Crippen LogP contribution in [0, 0.1) is 6.92 Å². The van der Waals surface area contributed by atoms with Crippen molar-refractivity contribution < 1.29 is 18.0 Å². The van der Waals surface area contributed by atoms with Crippen LogP contribution in [0.5, 0.6) is 0 Å². The van der Waals surface area contributed by atoms with E-state index < -0.39 is 28.5 Å². The molecule has 4 rings (SSSR count). The summed E-state index contributed by atoms with van der Waals surface area (Å²) in [5.74, 6) is -0.672. The van der Waals surface area contributed by atoms with Crippen LogP contribution in [0.1, 0.15) is 56.6 Å². The van der Waals surface area contributed by atoms with Crippen LogP contribution in [0.4, 0.5) is 5.69 Å². The van der Waals surface area contributed by atoms with Crippen molar-refractivity contribution in [2.45, 2.75) is 75.9 Å². The second-order valence-electron chi connectivity index (χ2n) is 10.6. The summed E-state index contributed by atoms with van der Waals surface area (Å²) in [6.07, 6.45) is 5.55. The Bertz CT molecular complexity index is 1410. The minimum absolute atomic E-state index is 0.0647. The number of hydrogen-bond acceptors (Lipinski definition) is 4. The molecule has 0 aliphatic heterocycles. The highest BCUT2D eigenvalue weighted by Gasteiger charge is 2.34. The number of nitrogens with one attached hydrogen (secondary N) is 1. The minimum Gasteiger partial charge on any atom is -0.352 e. The smallest absolute Gasteiger partial charge is 0.264 e. The molecule has 0 aromatic heterocycles. The molecule has 1 saturated carbocycles. The molecule has 9 heteroatoms. The summed E-state index contributed by atoms with van der Waals surface area (Å²) in [5.41, 5.74) is 2.25. The Morgan fingerprint density at radius 2 is 1.56 bits per heavy atom. The lowest BCUT2D eigenvalue weighted by atomic mass is 9.95. The van der Waals surface area contributed by atoms with Crippen molar-refractivity contribution >= 4 is 39.1 Å². The van der Waals surface area contributed by atoms with Crippen LogP contribution in [0.3, 0.4) is 0 Å². The fourth-order valence-electron chi connectivity index (χ4n) is 5.21. The SMILES string of the molecule is CCC(C(=O)NC1CCCCC1)N(Cc1ccc(C)cc1)C(=O)CN(c1ccc(Cl)cc1)S(=O)(=O)c1ccccc1. The van der Waals surface area contributed by atoms with Gasteiger partial charge in [-0.1, -0.05) is 85.8 Å². The van der Waals surface area contributed by atoms with Crippen molar-refractivity contribution in [3.8, 4) is 0 Å². The second kappa shape index (κ2) is 14.0. The number of amides is 2. The Hall–Kier alpha value is -3.36. The lowest BCUT2D eigenvalue weighted by molar-refractivity contribution is -0.140. The van der Waals surface area contributed by atoms with Crippen LogP contribution < -0.4 is 9.62 Å². The van der Waals surface area contributed by atoms with Crippen LogP contribution >= 0.6 is 11.6 Å². The van der Waals surface area contributed by atoms with E-state index in [2.05, 4.69) is 5.32 Å². The molecular weight excluding hydrogens is 558 g/mol. The van der Waals surface area contributed by atoms with Gasteiger partial charge < -0.3 is 10.2 Å². The number of benzene rings is 3. The van der Waals surface area contributed by atoms with E-state index in [0.717, 1.165) is 47.5 Å². The van der Waals surface area contributed by atoms with E-state index in [1.807, 2.05) is 38.1 Å².